The van der Waals surface area contributed by atoms with Crippen LogP contribution in [0.25, 0.3) is 0 Å². The summed E-state index contributed by atoms with van der Waals surface area (Å²) in [6, 6.07) is 0. The van der Waals surface area contributed by atoms with Crippen LogP contribution in [0.2, 0.25) is 5.04 Å². The molecule has 0 aliphatic heterocycles. The Kier molecular flexibility index (Phi) is 3.27. The molecule has 0 radical (unpaired) electrons. The monoisotopic (exact) mass is 185 g/mol. The van der Waals surface area contributed by atoms with Gasteiger partial charge in [-0.25, -0.2) is 0 Å². The Balaban J connectivity index is 4.96. The second kappa shape index (κ2) is 3.43. The van der Waals surface area contributed by atoms with E-state index in [1.807, 2.05) is 19.9 Å². The SMILES string of the molecule is C=CC(C)(C)C(=NO)C(C)(C)[SiH3]. The molecule has 0 spiro atoms. The summed E-state index contributed by atoms with van der Waals surface area (Å²) in [5.74, 6) is 0. The first-order valence-electron chi connectivity index (χ1n) is 4.12. The molecule has 0 saturated heterocycles. The fourth-order valence-corrected chi connectivity index (χ4v) is 2.09. The van der Waals surface area contributed by atoms with Crippen LogP contribution in [0.15, 0.2) is 17.8 Å². The first-order valence-corrected chi connectivity index (χ1v) is 5.12. The van der Waals surface area contributed by atoms with E-state index in [1.54, 1.807) is 0 Å². The average molecular weight is 185 g/mol. The van der Waals surface area contributed by atoms with Crippen molar-refractivity contribution in [3.8, 4) is 0 Å². The van der Waals surface area contributed by atoms with Crippen LogP contribution in [0, 0.1) is 5.41 Å². The fourth-order valence-electron chi connectivity index (χ4n) is 1.34. The molecule has 0 bridgehead atoms. The van der Waals surface area contributed by atoms with Gasteiger partial charge in [-0.1, -0.05) is 38.9 Å². The van der Waals surface area contributed by atoms with E-state index in [0.29, 0.717) is 0 Å². The lowest BCUT2D eigenvalue weighted by Crippen LogP contribution is -2.31. The first-order chi connectivity index (χ1) is 5.25. The number of oxime groups is 1. The minimum Gasteiger partial charge on any atom is -0.411 e. The molecule has 0 aromatic carbocycles. The molecular weight excluding hydrogens is 166 g/mol. The summed E-state index contributed by atoms with van der Waals surface area (Å²) in [6.07, 6.45) is 1.82. The largest absolute Gasteiger partial charge is 0.411 e. The molecular formula is C9H19NOSi. The standard InChI is InChI=1S/C9H19NOSi/c1-6-8(2,3)7(10-11)9(4,5)12/h6,11H,1H2,2-5,12H3. The van der Waals surface area contributed by atoms with Crippen LogP contribution >= 0.6 is 0 Å². The highest BCUT2D eigenvalue weighted by Crippen LogP contribution is 2.33. The number of hydrogen-bond donors (Lipinski definition) is 1. The molecule has 0 amide bonds. The van der Waals surface area contributed by atoms with Crippen LogP contribution in [0.3, 0.4) is 0 Å². The fraction of sp³-hybridized carbons (Fsp3) is 0.667. The molecule has 0 unspecified atom stereocenters. The molecule has 0 aromatic rings. The molecule has 1 N–H and O–H groups in total. The summed E-state index contributed by atoms with van der Waals surface area (Å²) in [5.41, 5.74) is 0.608. The second-order valence-electron chi connectivity index (χ2n) is 4.62. The summed E-state index contributed by atoms with van der Waals surface area (Å²) in [7, 11) is 0.968. The number of nitrogens with zero attached hydrogens (tertiary/aromatic N) is 1. The van der Waals surface area contributed by atoms with E-state index in [1.165, 1.54) is 0 Å². The Morgan fingerprint density at radius 2 is 1.83 bits per heavy atom. The van der Waals surface area contributed by atoms with Gasteiger partial charge in [-0.15, -0.1) is 6.58 Å². The van der Waals surface area contributed by atoms with Crippen LogP contribution in [0.4, 0.5) is 0 Å². The van der Waals surface area contributed by atoms with Crippen LogP contribution in [-0.2, 0) is 0 Å². The van der Waals surface area contributed by atoms with Crippen molar-refractivity contribution < 1.29 is 5.21 Å². The maximum absolute atomic E-state index is 8.89. The van der Waals surface area contributed by atoms with Gasteiger partial charge in [0.2, 0.25) is 0 Å². The lowest BCUT2D eigenvalue weighted by molar-refractivity contribution is 0.309. The zero-order chi connectivity index (χ0) is 9.99. The van der Waals surface area contributed by atoms with E-state index in [4.69, 9.17) is 5.21 Å². The minimum absolute atomic E-state index is 0.0203. The van der Waals surface area contributed by atoms with Crippen LogP contribution in [0.1, 0.15) is 27.7 Å². The predicted octanol–water partition coefficient (Wildman–Crippen LogP) is 1.59. The highest BCUT2D eigenvalue weighted by atomic mass is 28.1. The third-order valence-corrected chi connectivity index (χ3v) is 2.40. The van der Waals surface area contributed by atoms with E-state index >= 15 is 0 Å². The summed E-state index contributed by atoms with van der Waals surface area (Å²) in [6.45, 7) is 11.9. The van der Waals surface area contributed by atoms with Crippen molar-refractivity contribution in [2.75, 3.05) is 0 Å². The summed E-state index contributed by atoms with van der Waals surface area (Å²) < 4.78 is 0. The van der Waals surface area contributed by atoms with Crippen molar-refractivity contribution in [3.05, 3.63) is 12.7 Å². The average Bonchev–Trinajstić information content (AvgIpc) is 1.85. The Morgan fingerprint density at radius 3 is 1.92 bits per heavy atom. The van der Waals surface area contributed by atoms with Gasteiger partial charge in [-0.05, 0) is 5.04 Å². The van der Waals surface area contributed by atoms with E-state index < -0.39 is 0 Å². The molecule has 0 saturated carbocycles. The zero-order valence-corrected chi connectivity index (χ0v) is 10.7. The van der Waals surface area contributed by atoms with Crippen LogP contribution in [-0.4, -0.2) is 21.2 Å². The molecule has 2 nitrogen and oxygen atoms in total. The van der Waals surface area contributed by atoms with Gasteiger partial charge in [0, 0.05) is 15.7 Å². The maximum atomic E-state index is 8.89. The minimum atomic E-state index is -0.208. The van der Waals surface area contributed by atoms with Gasteiger partial charge in [0.15, 0.2) is 0 Å². The molecule has 0 aromatic heterocycles. The molecule has 3 heteroatoms. The highest BCUT2D eigenvalue weighted by Gasteiger charge is 2.31. The normalized spacial score (nSPS) is 14.8. The number of rotatable bonds is 3. The van der Waals surface area contributed by atoms with Crippen molar-refractivity contribution in [1.82, 2.24) is 0 Å². The van der Waals surface area contributed by atoms with Gasteiger partial charge >= 0.3 is 0 Å². The van der Waals surface area contributed by atoms with Crippen molar-refractivity contribution in [2.24, 2.45) is 10.6 Å². The number of allylic oxidation sites excluding steroid dienone is 1. The van der Waals surface area contributed by atoms with Crippen LogP contribution in [0.5, 0.6) is 0 Å². The molecule has 0 heterocycles. The van der Waals surface area contributed by atoms with Gasteiger partial charge in [0.1, 0.15) is 0 Å². The first kappa shape index (κ1) is 11.4. The van der Waals surface area contributed by atoms with Gasteiger partial charge < -0.3 is 5.21 Å². The smallest absolute Gasteiger partial charge is 0.0683 e. The number of hydrogen-bond acceptors (Lipinski definition) is 2. The molecule has 12 heavy (non-hydrogen) atoms. The van der Waals surface area contributed by atoms with E-state index in [0.717, 1.165) is 16.0 Å². The zero-order valence-electron chi connectivity index (χ0n) is 8.68. The van der Waals surface area contributed by atoms with Gasteiger partial charge in [0.05, 0.1) is 5.71 Å². The predicted molar refractivity (Wildman–Crippen MR) is 57.2 cm³/mol. The Bertz CT molecular complexity index is 201. The van der Waals surface area contributed by atoms with E-state index in [-0.39, 0.29) is 10.5 Å². The van der Waals surface area contributed by atoms with Crippen molar-refractivity contribution in [2.45, 2.75) is 32.7 Å². The van der Waals surface area contributed by atoms with Crippen LogP contribution < -0.4 is 0 Å². The third kappa shape index (κ3) is 2.48. The van der Waals surface area contributed by atoms with Crippen molar-refractivity contribution in [3.63, 3.8) is 0 Å². The topological polar surface area (TPSA) is 32.6 Å². The highest BCUT2D eigenvalue weighted by molar-refractivity contribution is 6.30. The van der Waals surface area contributed by atoms with Crippen molar-refractivity contribution in [1.29, 1.82) is 0 Å². The summed E-state index contributed by atoms with van der Waals surface area (Å²) >= 11 is 0. The van der Waals surface area contributed by atoms with Crippen molar-refractivity contribution >= 4 is 16.0 Å². The molecule has 70 valence electrons. The second-order valence-corrected chi connectivity index (χ2v) is 7.12. The Hall–Kier alpha value is -0.573. The molecule has 0 aliphatic carbocycles. The maximum Gasteiger partial charge on any atom is 0.0683 e. The van der Waals surface area contributed by atoms with Gasteiger partial charge in [0.25, 0.3) is 0 Å². The van der Waals surface area contributed by atoms with E-state index in [2.05, 4.69) is 25.6 Å². The summed E-state index contributed by atoms with van der Waals surface area (Å²) in [5, 5.41) is 12.3. The van der Waals surface area contributed by atoms with E-state index in [9.17, 15) is 0 Å². The lowest BCUT2D eigenvalue weighted by Gasteiger charge is -2.31. The molecule has 0 rings (SSSR count). The molecule has 0 fully saturated rings. The Morgan fingerprint density at radius 1 is 1.42 bits per heavy atom. The quantitative estimate of drug-likeness (QED) is 0.234. The molecule has 0 aliphatic rings. The Labute approximate surface area is 77.8 Å². The third-order valence-electron chi connectivity index (χ3n) is 1.93. The van der Waals surface area contributed by atoms with Gasteiger partial charge in [-0.3, -0.25) is 0 Å². The molecule has 0 atom stereocenters. The van der Waals surface area contributed by atoms with Gasteiger partial charge in [-0.2, -0.15) is 0 Å². The lowest BCUT2D eigenvalue weighted by atomic mass is 9.81. The summed E-state index contributed by atoms with van der Waals surface area (Å²) in [4.78, 5) is 0.